The number of nitrogens with zero attached hydrogens (tertiary/aromatic N) is 2. The van der Waals surface area contributed by atoms with Gasteiger partial charge in [-0.3, -0.25) is 0 Å². The largest absolute Gasteiger partial charge is 0.335 e. The average molecular weight is 228 g/mol. The molecule has 2 rings (SSSR count). The van der Waals surface area contributed by atoms with E-state index in [1.807, 2.05) is 6.20 Å². The first-order chi connectivity index (χ1) is 8.11. The first-order valence-electron chi connectivity index (χ1n) is 6.21. The van der Waals surface area contributed by atoms with Crippen molar-refractivity contribution in [2.75, 3.05) is 0 Å². The Balaban J connectivity index is 2.39. The molecule has 17 heavy (non-hydrogen) atoms. The Morgan fingerprint density at radius 1 is 1.18 bits per heavy atom. The van der Waals surface area contributed by atoms with Gasteiger partial charge in [0.2, 0.25) is 0 Å². The molecule has 0 saturated carbocycles. The molecule has 1 aromatic carbocycles. The van der Waals surface area contributed by atoms with E-state index < -0.39 is 0 Å². The molecule has 90 valence electrons. The monoisotopic (exact) mass is 228 g/mol. The summed E-state index contributed by atoms with van der Waals surface area (Å²) in [6.07, 6.45) is 3.94. The van der Waals surface area contributed by atoms with Gasteiger partial charge in [-0.15, -0.1) is 0 Å². The lowest BCUT2D eigenvalue weighted by Gasteiger charge is -2.14. The van der Waals surface area contributed by atoms with Crippen LogP contribution < -0.4 is 0 Å². The Kier molecular flexibility index (Phi) is 3.32. The second-order valence-corrected chi connectivity index (χ2v) is 4.71. The van der Waals surface area contributed by atoms with Crippen LogP contribution in [0.25, 0.3) is 0 Å². The first-order valence-corrected chi connectivity index (χ1v) is 6.21. The Bertz CT molecular complexity index is 491. The molecule has 1 heterocycles. The van der Waals surface area contributed by atoms with Crippen molar-refractivity contribution in [2.45, 2.75) is 40.2 Å². The van der Waals surface area contributed by atoms with Crippen LogP contribution in [0.1, 0.15) is 42.3 Å². The standard InChI is InChI=1S/C15H20N2/c1-5-17-7-6-16-15(17)13(4)14-9-11(2)8-12(3)10-14/h6-10,13H,5H2,1-4H3. The second-order valence-electron chi connectivity index (χ2n) is 4.71. The van der Waals surface area contributed by atoms with Crippen LogP contribution in [-0.4, -0.2) is 9.55 Å². The number of hydrogen-bond acceptors (Lipinski definition) is 1. The summed E-state index contributed by atoms with van der Waals surface area (Å²) in [4.78, 5) is 4.49. The maximum absolute atomic E-state index is 4.49. The molecule has 0 aliphatic carbocycles. The molecule has 0 spiro atoms. The zero-order valence-corrected chi connectivity index (χ0v) is 11.1. The summed E-state index contributed by atoms with van der Waals surface area (Å²) in [5, 5.41) is 0. The van der Waals surface area contributed by atoms with Gasteiger partial charge in [-0.2, -0.15) is 0 Å². The molecule has 0 N–H and O–H groups in total. The maximum Gasteiger partial charge on any atom is 0.115 e. The van der Waals surface area contributed by atoms with E-state index in [2.05, 4.69) is 61.6 Å². The highest BCUT2D eigenvalue weighted by atomic mass is 15.1. The average Bonchev–Trinajstić information content (AvgIpc) is 2.74. The molecule has 0 aliphatic heterocycles. The summed E-state index contributed by atoms with van der Waals surface area (Å²) < 4.78 is 2.21. The predicted octanol–water partition coefficient (Wildman–Crippen LogP) is 3.67. The van der Waals surface area contributed by atoms with Gasteiger partial charge < -0.3 is 4.57 Å². The van der Waals surface area contributed by atoms with Gasteiger partial charge in [-0.05, 0) is 26.3 Å². The molecular weight excluding hydrogens is 208 g/mol. The summed E-state index contributed by atoms with van der Waals surface area (Å²) in [6, 6.07) is 6.72. The Labute approximate surface area is 103 Å². The molecule has 0 fully saturated rings. The fourth-order valence-corrected chi connectivity index (χ4v) is 2.38. The van der Waals surface area contributed by atoms with Crippen molar-refractivity contribution in [1.29, 1.82) is 0 Å². The summed E-state index contributed by atoms with van der Waals surface area (Å²) >= 11 is 0. The van der Waals surface area contributed by atoms with Gasteiger partial charge in [-0.25, -0.2) is 4.98 Å². The van der Waals surface area contributed by atoms with E-state index in [4.69, 9.17) is 0 Å². The highest BCUT2D eigenvalue weighted by Gasteiger charge is 2.14. The number of imidazole rings is 1. The van der Waals surface area contributed by atoms with Crippen LogP contribution >= 0.6 is 0 Å². The normalized spacial score (nSPS) is 12.7. The summed E-state index contributed by atoms with van der Waals surface area (Å²) in [5.41, 5.74) is 3.99. The van der Waals surface area contributed by atoms with Gasteiger partial charge in [0.1, 0.15) is 5.82 Å². The molecule has 2 nitrogen and oxygen atoms in total. The number of rotatable bonds is 3. The number of hydrogen-bond donors (Lipinski definition) is 0. The minimum absolute atomic E-state index is 0.351. The third-order valence-electron chi connectivity index (χ3n) is 3.22. The molecule has 0 amide bonds. The lowest BCUT2D eigenvalue weighted by atomic mass is 9.96. The number of aryl methyl sites for hydroxylation is 3. The topological polar surface area (TPSA) is 17.8 Å². The van der Waals surface area contributed by atoms with Gasteiger partial charge >= 0.3 is 0 Å². The van der Waals surface area contributed by atoms with Crippen molar-refractivity contribution in [3.8, 4) is 0 Å². The van der Waals surface area contributed by atoms with Crippen LogP contribution in [0.3, 0.4) is 0 Å². The Morgan fingerprint density at radius 2 is 1.82 bits per heavy atom. The lowest BCUT2D eigenvalue weighted by Crippen LogP contribution is -2.07. The smallest absolute Gasteiger partial charge is 0.115 e. The molecular formula is C15H20N2. The van der Waals surface area contributed by atoms with Gasteiger partial charge in [0.25, 0.3) is 0 Å². The number of aromatic nitrogens is 2. The van der Waals surface area contributed by atoms with Crippen LogP contribution in [0, 0.1) is 13.8 Å². The molecule has 0 bridgehead atoms. The molecule has 0 radical (unpaired) electrons. The van der Waals surface area contributed by atoms with E-state index in [0.717, 1.165) is 12.4 Å². The summed E-state index contributed by atoms with van der Waals surface area (Å²) in [7, 11) is 0. The van der Waals surface area contributed by atoms with Crippen molar-refractivity contribution >= 4 is 0 Å². The van der Waals surface area contributed by atoms with Crippen LogP contribution in [0.4, 0.5) is 0 Å². The predicted molar refractivity (Wildman–Crippen MR) is 71.3 cm³/mol. The zero-order valence-electron chi connectivity index (χ0n) is 11.1. The van der Waals surface area contributed by atoms with Crippen molar-refractivity contribution < 1.29 is 0 Å². The minimum Gasteiger partial charge on any atom is -0.335 e. The fourth-order valence-electron chi connectivity index (χ4n) is 2.38. The molecule has 1 atom stereocenters. The lowest BCUT2D eigenvalue weighted by molar-refractivity contribution is 0.669. The quantitative estimate of drug-likeness (QED) is 0.783. The minimum atomic E-state index is 0.351. The fraction of sp³-hybridized carbons (Fsp3) is 0.400. The van der Waals surface area contributed by atoms with E-state index in [0.29, 0.717) is 5.92 Å². The first kappa shape index (κ1) is 11.9. The third-order valence-corrected chi connectivity index (χ3v) is 3.22. The molecule has 2 aromatic rings. The van der Waals surface area contributed by atoms with Crippen molar-refractivity contribution in [1.82, 2.24) is 9.55 Å². The summed E-state index contributed by atoms with van der Waals surface area (Å²) in [6.45, 7) is 9.65. The van der Waals surface area contributed by atoms with E-state index in [1.165, 1.54) is 16.7 Å². The third kappa shape index (κ3) is 2.41. The van der Waals surface area contributed by atoms with Crippen LogP contribution in [0.15, 0.2) is 30.6 Å². The Morgan fingerprint density at radius 3 is 2.41 bits per heavy atom. The van der Waals surface area contributed by atoms with Crippen molar-refractivity contribution in [3.63, 3.8) is 0 Å². The Hall–Kier alpha value is -1.57. The van der Waals surface area contributed by atoms with Gasteiger partial charge in [0.05, 0.1) is 0 Å². The van der Waals surface area contributed by atoms with Crippen LogP contribution in [0.5, 0.6) is 0 Å². The van der Waals surface area contributed by atoms with Crippen molar-refractivity contribution in [3.05, 3.63) is 53.1 Å². The van der Waals surface area contributed by atoms with E-state index in [9.17, 15) is 0 Å². The van der Waals surface area contributed by atoms with Gasteiger partial charge in [-0.1, -0.05) is 36.2 Å². The molecule has 1 unspecified atom stereocenters. The highest BCUT2D eigenvalue weighted by Crippen LogP contribution is 2.24. The highest BCUT2D eigenvalue weighted by molar-refractivity contribution is 5.33. The molecule has 0 saturated heterocycles. The molecule has 1 aromatic heterocycles. The molecule has 2 heteroatoms. The molecule has 0 aliphatic rings. The summed E-state index contributed by atoms with van der Waals surface area (Å²) in [5.74, 6) is 1.50. The SMILES string of the molecule is CCn1ccnc1C(C)c1cc(C)cc(C)c1. The second kappa shape index (κ2) is 4.74. The van der Waals surface area contributed by atoms with E-state index in [-0.39, 0.29) is 0 Å². The van der Waals surface area contributed by atoms with E-state index in [1.54, 1.807) is 0 Å². The maximum atomic E-state index is 4.49. The zero-order chi connectivity index (χ0) is 12.4. The van der Waals surface area contributed by atoms with Gasteiger partial charge in [0, 0.05) is 24.9 Å². The van der Waals surface area contributed by atoms with E-state index >= 15 is 0 Å². The number of benzene rings is 1. The van der Waals surface area contributed by atoms with Crippen LogP contribution in [-0.2, 0) is 6.54 Å². The van der Waals surface area contributed by atoms with Gasteiger partial charge in [0.15, 0.2) is 0 Å². The van der Waals surface area contributed by atoms with Crippen LogP contribution in [0.2, 0.25) is 0 Å². The van der Waals surface area contributed by atoms with Crippen molar-refractivity contribution in [2.24, 2.45) is 0 Å².